The highest BCUT2D eigenvalue weighted by Crippen LogP contribution is 2.26. The minimum atomic E-state index is -0.468. The average Bonchev–Trinajstić information content (AvgIpc) is 3.09. The second-order valence-electron chi connectivity index (χ2n) is 5.63. The first-order valence-corrected chi connectivity index (χ1v) is 7.70. The molecule has 25 heavy (non-hydrogen) atoms. The summed E-state index contributed by atoms with van der Waals surface area (Å²) >= 11 is 0. The third-order valence-electron chi connectivity index (χ3n) is 3.75. The van der Waals surface area contributed by atoms with Crippen LogP contribution in [0.25, 0.3) is 11.5 Å². The molecule has 0 bridgehead atoms. The van der Waals surface area contributed by atoms with Crippen LogP contribution in [0.15, 0.2) is 53.1 Å². The fourth-order valence-electron chi connectivity index (χ4n) is 2.39. The van der Waals surface area contributed by atoms with Gasteiger partial charge in [-0.2, -0.15) is 0 Å². The maximum absolute atomic E-state index is 11.1. The Kier molecular flexibility index (Phi) is 4.76. The van der Waals surface area contributed by atoms with Crippen molar-refractivity contribution in [2.24, 2.45) is 0 Å². The Morgan fingerprint density at radius 1 is 1.24 bits per heavy atom. The standard InChI is InChI=1S/C18H17N3O4/c1-12-2-5-14(6-3-12)18-20-15(11-25-18)9-19-16-8-13(10-22)4-7-17(16)21(23)24/h2-8,11,19,22H,9-10H2,1H3. The van der Waals surface area contributed by atoms with E-state index >= 15 is 0 Å². The van der Waals surface area contributed by atoms with E-state index in [4.69, 9.17) is 4.42 Å². The number of anilines is 1. The van der Waals surface area contributed by atoms with Crippen molar-refractivity contribution in [3.8, 4) is 11.5 Å². The molecule has 0 unspecified atom stereocenters. The normalized spacial score (nSPS) is 10.6. The van der Waals surface area contributed by atoms with E-state index in [0.717, 1.165) is 11.1 Å². The summed E-state index contributed by atoms with van der Waals surface area (Å²) in [5, 5.41) is 23.3. The Morgan fingerprint density at radius 3 is 2.68 bits per heavy atom. The van der Waals surface area contributed by atoms with Crippen molar-refractivity contribution in [3.05, 3.63) is 75.7 Å². The number of benzene rings is 2. The number of hydrogen-bond donors (Lipinski definition) is 2. The topological polar surface area (TPSA) is 101 Å². The molecule has 2 N–H and O–H groups in total. The molecule has 0 saturated heterocycles. The van der Waals surface area contributed by atoms with Crippen molar-refractivity contribution < 1.29 is 14.4 Å². The lowest BCUT2D eigenvalue weighted by molar-refractivity contribution is -0.384. The van der Waals surface area contributed by atoms with E-state index in [9.17, 15) is 15.2 Å². The maximum atomic E-state index is 11.1. The highest BCUT2D eigenvalue weighted by Gasteiger charge is 2.15. The Hall–Kier alpha value is -3.19. The Morgan fingerprint density at radius 2 is 2.00 bits per heavy atom. The van der Waals surface area contributed by atoms with Crippen molar-refractivity contribution in [1.29, 1.82) is 0 Å². The lowest BCUT2D eigenvalue weighted by Gasteiger charge is -2.07. The van der Waals surface area contributed by atoms with E-state index < -0.39 is 4.92 Å². The van der Waals surface area contributed by atoms with Gasteiger partial charge < -0.3 is 14.8 Å². The Balaban J connectivity index is 1.76. The van der Waals surface area contributed by atoms with Crippen LogP contribution in [0, 0.1) is 17.0 Å². The first-order chi connectivity index (χ1) is 12.1. The van der Waals surface area contributed by atoms with Crippen LogP contribution in [0.2, 0.25) is 0 Å². The summed E-state index contributed by atoms with van der Waals surface area (Å²) < 4.78 is 5.48. The van der Waals surface area contributed by atoms with E-state index in [2.05, 4.69) is 10.3 Å². The average molecular weight is 339 g/mol. The quantitative estimate of drug-likeness (QED) is 0.525. The van der Waals surface area contributed by atoms with Gasteiger partial charge in [-0.05, 0) is 36.8 Å². The van der Waals surface area contributed by atoms with Gasteiger partial charge in [-0.3, -0.25) is 10.1 Å². The van der Waals surface area contributed by atoms with Gasteiger partial charge in [-0.15, -0.1) is 0 Å². The monoisotopic (exact) mass is 339 g/mol. The van der Waals surface area contributed by atoms with Gasteiger partial charge in [0.1, 0.15) is 12.0 Å². The highest BCUT2D eigenvalue weighted by molar-refractivity contribution is 5.63. The number of rotatable bonds is 6. The van der Waals surface area contributed by atoms with Gasteiger partial charge in [-0.1, -0.05) is 17.7 Å². The largest absolute Gasteiger partial charge is 0.444 e. The van der Waals surface area contributed by atoms with Crippen molar-refractivity contribution in [3.63, 3.8) is 0 Å². The van der Waals surface area contributed by atoms with Gasteiger partial charge in [0, 0.05) is 11.6 Å². The van der Waals surface area contributed by atoms with Crippen LogP contribution in [0.5, 0.6) is 0 Å². The predicted octanol–water partition coefficient (Wildman–Crippen LogP) is 3.66. The van der Waals surface area contributed by atoms with E-state index in [-0.39, 0.29) is 18.8 Å². The van der Waals surface area contributed by atoms with Gasteiger partial charge >= 0.3 is 0 Å². The number of aliphatic hydroxyl groups excluding tert-OH is 1. The lowest BCUT2D eigenvalue weighted by atomic mass is 10.1. The zero-order chi connectivity index (χ0) is 17.8. The fraction of sp³-hybridized carbons (Fsp3) is 0.167. The van der Waals surface area contributed by atoms with Crippen LogP contribution < -0.4 is 5.32 Å². The molecule has 0 spiro atoms. The molecule has 0 radical (unpaired) electrons. The number of aromatic nitrogens is 1. The molecule has 0 atom stereocenters. The van der Waals surface area contributed by atoms with Crippen molar-refractivity contribution in [2.45, 2.75) is 20.1 Å². The lowest BCUT2D eigenvalue weighted by Crippen LogP contribution is -2.04. The number of aryl methyl sites for hydroxylation is 1. The van der Waals surface area contributed by atoms with Gasteiger partial charge in [-0.25, -0.2) is 4.98 Å². The van der Waals surface area contributed by atoms with Crippen molar-refractivity contribution >= 4 is 11.4 Å². The summed E-state index contributed by atoms with van der Waals surface area (Å²) in [7, 11) is 0. The Bertz CT molecular complexity index is 888. The second kappa shape index (κ2) is 7.14. The zero-order valence-electron chi connectivity index (χ0n) is 13.6. The molecule has 0 aliphatic rings. The summed E-state index contributed by atoms with van der Waals surface area (Å²) in [6.45, 7) is 2.08. The number of nitro groups is 1. The third kappa shape index (κ3) is 3.84. The number of nitrogens with zero attached hydrogens (tertiary/aromatic N) is 2. The molecule has 128 valence electrons. The van der Waals surface area contributed by atoms with Gasteiger partial charge in [0.2, 0.25) is 5.89 Å². The number of oxazole rings is 1. The van der Waals surface area contributed by atoms with Crippen molar-refractivity contribution in [1.82, 2.24) is 4.98 Å². The molecule has 3 aromatic rings. The van der Waals surface area contributed by atoms with Crippen LogP contribution in [0.1, 0.15) is 16.8 Å². The molecule has 0 amide bonds. The minimum absolute atomic E-state index is 0.0561. The zero-order valence-corrected chi connectivity index (χ0v) is 13.6. The SMILES string of the molecule is Cc1ccc(-c2nc(CNc3cc(CO)ccc3[N+](=O)[O-])co2)cc1. The molecule has 0 aliphatic carbocycles. The van der Waals surface area contributed by atoms with E-state index in [0.29, 0.717) is 22.8 Å². The molecule has 3 rings (SSSR count). The van der Waals surface area contributed by atoms with E-state index in [1.165, 1.54) is 18.4 Å². The number of nitro benzene ring substituents is 1. The first kappa shape index (κ1) is 16.7. The predicted molar refractivity (Wildman–Crippen MR) is 93.0 cm³/mol. The summed E-state index contributed by atoms with van der Waals surface area (Å²) in [4.78, 5) is 15.0. The summed E-state index contributed by atoms with van der Waals surface area (Å²) in [5.74, 6) is 0.496. The summed E-state index contributed by atoms with van der Waals surface area (Å²) in [6, 6.07) is 12.2. The number of hydrogen-bond acceptors (Lipinski definition) is 6. The molecular weight excluding hydrogens is 322 g/mol. The van der Waals surface area contributed by atoms with Gasteiger partial charge in [0.15, 0.2) is 0 Å². The molecule has 1 heterocycles. The smallest absolute Gasteiger partial charge is 0.292 e. The van der Waals surface area contributed by atoms with Crippen LogP contribution in [0.3, 0.4) is 0 Å². The third-order valence-corrected chi connectivity index (χ3v) is 3.75. The molecule has 2 aromatic carbocycles. The Labute approximate surface area is 144 Å². The molecule has 7 heteroatoms. The van der Waals surface area contributed by atoms with Crippen molar-refractivity contribution in [2.75, 3.05) is 5.32 Å². The number of nitrogens with one attached hydrogen (secondary N) is 1. The van der Waals surface area contributed by atoms with Gasteiger partial charge in [0.05, 0.1) is 23.8 Å². The highest BCUT2D eigenvalue weighted by atomic mass is 16.6. The summed E-state index contributed by atoms with van der Waals surface area (Å²) in [5.41, 5.74) is 3.50. The first-order valence-electron chi connectivity index (χ1n) is 7.70. The van der Waals surface area contributed by atoms with Crippen LogP contribution in [-0.2, 0) is 13.2 Å². The fourth-order valence-corrected chi connectivity index (χ4v) is 2.39. The molecule has 0 aliphatic heterocycles. The number of aliphatic hydroxyl groups is 1. The van der Waals surface area contributed by atoms with E-state index in [1.54, 1.807) is 6.07 Å². The molecule has 0 saturated carbocycles. The molecule has 7 nitrogen and oxygen atoms in total. The molecule has 0 fully saturated rings. The van der Waals surface area contributed by atoms with Crippen LogP contribution in [-0.4, -0.2) is 15.0 Å². The summed E-state index contributed by atoms with van der Waals surface area (Å²) in [6.07, 6.45) is 1.52. The maximum Gasteiger partial charge on any atom is 0.292 e. The van der Waals surface area contributed by atoms with Crippen LogP contribution in [0.4, 0.5) is 11.4 Å². The second-order valence-corrected chi connectivity index (χ2v) is 5.63. The molecule has 1 aromatic heterocycles. The van der Waals surface area contributed by atoms with E-state index in [1.807, 2.05) is 31.2 Å². The minimum Gasteiger partial charge on any atom is -0.444 e. The van der Waals surface area contributed by atoms with Crippen LogP contribution >= 0.6 is 0 Å². The van der Waals surface area contributed by atoms with Gasteiger partial charge in [0.25, 0.3) is 5.69 Å². The molecular formula is C18H17N3O4.